The summed E-state index contributed by atoms with van der Waals surface area (Å²) in [4.78, 5) is 11.4. The molecule has 1 aliphatic rings. The van der Waals surface area contributed by atoms with Gasteiger partial charge in [-0.3, -0.25) is 0 Å². The van der Waals surface area contributed by atoms with Gasteiger partial charge in [0.2, 0.25) is 0 Å². The van der Waals surface area contributed by atoms with Crippen LogP contribution in [0.15, 0.2) is 0 Å². The Balaban J connectivity index is 0.00000196. The monoisotopic (exact) mass is 236 g/mol. The Morgan fingerprint density at radius 1 is 1.40 bits per heavy atom. The summed E-state index contributed by atoms with van der Waals surface area (Å²) in [6.07, 6.45) is -0.321. The van der Waals surface area contributed by atoms with Crippen LogP contribution in [-0.2, 0) is 4.74 Å². The number of alkyl carbamates (subject to hydrolysis) is 1. The molecule has 15 heavy (non-hydrogen) atoms. The number of rotatable bonds is 1. The van der Waals surface area contributed by atoms with Crippen molar-refractivity contribution >= 4 is 18.5 Å². The molecule has 0 saturated carbocycles. The van der Waals surface area contributed by atoms with Gasteiger partial charge in [0.05, 0.1) is 0 Å². The molecule has 0 aromatic heterocycles. The van der Waals surface area contributed by atoms with Crippen molar-refractivity contribution in [2.45, 2.75) is 39.3 Å². The minimum Gasteiger partial charge on any atom is -0.444 e. The highest BCUT2D eigenvalue weighted by molar-refractivity contribution is 5.85. The fourth-order valence-electron chi connectivity index (χ4n) is 1.46. The standard InChI is InChI=1S/C10H20N2O2.ClH/c1-7-5-11-6-8(7)12-9(13)14-10(2,3)4;/h7-8,11H,5-6H2,1-4H3,(H,12,13);1H. The smallest absolute Gasteiger partial charge is 0.407 e. The molecule has 0 aliphatic carbocycles. The van der Waals surface area contributed by atoms with Crippen molar-refractivity contribution in [1.29, 1.82) is 0 Å². The van der Waals surface area contributed by atoms with Gasteiger partial charge in [-0.1, -0.05) is 6.92 Å². The van der Waals surface area contributed by atoms with E-state index in [-0.39, 0.29) is 24.5 Å². The molecule has 4 nitrogen and oxygen atoms in total. The molecular weight excluding hydrogens is 216 g/mol. The lowest BCUT2D eigenvalue weighted by molar-refractivity contribution is 0.0499. The third-order valence-electron chi connectivity index (χ3n) is 2.22. The summed E-state index contributed by atoms with van der Waals surface area (Å²) in [7, 11) is 0. The van der Waals surface area contributed by atoms with Crippen molar-refractivity contribution in [3.05, 3.63) is 0 Å². The highest BCUT2D eigenvalue weighted by atomic mass is 35.5. The lowest BCUT2D eigenvalue weighted by Gasteiger charge is -2.22. The first-order valence-electron chi connectivity index (χ1n) is 5.09. The topological polar surface area (TPSA) is 50.4 Å². The molecule has 1 rings (SSSR count). The maximum Gasteiger partial charge on any atom is 0.407 e. The molecule has 2 unspecified atom stereocenters. The van der Waals surface area contributed by atoms with Gasteiger partial charge in [0.15, 0.2) is 0 Å². The van der Waals surface area contributed by atoms with Gasteiger partial charge in [0.1, 0.15) is 5.60 Å². The molecule has 0 spiro atoms. The maximum atomic E-state index is 11.4. The lowest BCUT2D eigenvalue weighted by Crippen LogP contribution is -2.42. The Bertz CT molecular complexity index is 216. The molecule has 1 saturated heterocycles. The molecule has 2 N–H and O–H groups in total. The zero-order chi connectivity index (χ0) is 10.8. The van der Waals surface area contributed by atoms with E-state index in [0.29, 0.717) is 5.92 Å². The van der Waals surface area contributed by atoms with Crippen LogP contribution in [0.4, 0.5) is 4.79 Å². The van der Waals surface area contributed by atoms with Crippen LogP contribution < -0.4 is 10.6 Å². The Hall–Kier alpha value is -0.480. The molecule has 90 valence electrons. The van der Waals surface area contributed by atoms with Crippen LogP contribution in [0.25, 0.3) is 0 Å². The first-order valence-corrected chi connectivity index (χ1v) is 5.09. The Morgan fingerprint density at radius 3 is 2.40 bits per heavy atom. The van der Waals surface area contributed by atoms with Crippen molar-refractivity contribution in [2.75, 3.05) is 13.1 Å². The fraction of sp³-hybridized carbons (Fsp3) is 0.900. The van der Waals surface area contributed by atoms with Crippen molar-refractivity contribution in [3.8, 4) is 0 Å². The van der Waals surface area contributed by atoms with Gasteiger partial charge < -0.3 is 15.4 Å². The van der Waals surface area contributed by atoms with Crippen LogP contribution in [0.5, 0.6) is 0 Å². The molecule has 0 aromatic carbocycles. The maximum absolute atomic E-state index is 11.4. The second-order valence-corrected chi connectivity index (χ2v) is 4.89. The zero-order valence-electron chi connectivity index (χ0n) is 9.79. The zero-order valence-corrected chi connectivity index (χ0v) is 10.6. The van der Waals surface area contributed by atoms with Gasteiger partial charge >= 0.3 is 6.09 Å². The predicted molar refractivity (Wildman–Crippen MR) is 62.4 cm³/mol. The molecule has 0 aromatic rings. The number of hydrogen-bond acceptors (Lipinski definition) is 3. The molecule has 1 fully saturated rings. The van der Waals surface area contributed by atoms with Crippen LogP contribution in [-0.4, -0.2) is 30.8 Å². The van der Waals surface area contributed by atoms with E-state index in [4.69, 9.17) is 4.74 Å². The molecule has 0 bridgehead atoms. The van der Waals surface area contributed by atoms with Crippen LogP contribution in [0.2, 0.25) is 0 Å². The molecular formula is C10H21ClN2O2. The third-order valence-corrected chi connectivity index (χ3v) is 2.22. The van der Waals surface area contributed by atoms with Gasteiger partial charge in [0, 0.05) is 12.6 Å². The summed E-state index contributed by atoms with van der Waals surface area (Å²) < 4.78 is 5.17. The number of hydrogen-bond donors (Lipinski definition) is 2. The van der Waals surface area contributed by atoms with Crippen molar-refractivity contribution in [2.24, 2.45) is 5.92 Å². The number of ether oxygens (including phenoxy) is 1. The van der Waals surface area contributed by atoms with E-state index in [1.165, 1.54) is 0 Å². The van der Waals surface area contributed by atoms with Crippen LogP contribution >= 0.6 is 12.4 Å². The number of carbonyl (C=O) groups excluding carboxylic acids is 1. The summed E-state index contributed by atoms with van der Waals surface area (Å²) in [6, 6.07) is 0.199. The molecule has 1 heterocycles. The lowest BCUT2D eigenvalue weighted by atomic mass is 10.1. The highest BCUT2D eigenvalue weighted by Crippen LogP contribution is 2.10. The van der Waals surface area contributed by atoms with Crippen LogP contribution in [0.3, 0.4) is 0 Å². The second kappa shape index (κ2) is 5.56. The van der Waals surface area contributed by atoms with E-state index < -0.39 is 5.60 Å². The minimum atomic E-state index is -0.417. The van der Waals surface area contributed by atoms with E-state index in [9.17, 15) is 4.79 Å². The molecule has 0 radical (unpaired) electrons. The molecule has 1 amide bonds. The largest absolute Gasteiger partial charge is 0.444 e. The molecule has 1 aliphatic heterocycles. The van der Waals surface area contributed by atoms with Gasteiger partial charge in [-0.2, -0.15) is 0 Å². The summed E-state index contributed by atoms with van der Waals surface area (Å²) in [5.74, 6) is 0.475. The van der Waals surface area contributed by atoms with E-state index in [1.54, 1.807) is 0 Å². The van der Waals surface area contributed by atoms with Crippen molar-refractivity contribution < 1.29 is 9.53 Å². The summed E-state index contributed by atoms with van der Waals surface area (Å²) in [5.41, 5.74) is -0.417. The number of nitrogens with one attached hydrogen (secondary N) is 2. The first-order chi connectivity index (χ1) is 6.38. The number of carbonyl (C=O) groups is 1. The SMILES string of the molecule is CC1CNCC1NC(=O)OC(C)(C)C.Cl. The average Bonchev–Trinajstić information content (AvgIpc) is 2.32. The molecule has 5 heteroatoms. The predicted octanol–water partition coefficient (Wildman–Crippen LogP) is 1.54. The third kappa shape index (κ3) is 5.23. The van der Waals surface area contributed by atoms with E-state index >= 15 is 0 Å². The Labute approximate surface area is 97.5 Å². The minimum absolute atomic E-state index is 0. The Kier molecular flexibility index (Phi) is 5.38. The first kappa shape index (κ1) is 14.5. The van der Waals surface area contributed by atoms with Gasteiger partial charge in [-0.25, -0.2) is 4.79 Å². The van der Waals surface area contributed by atoms with E-state index in [0.717, 1.165) is 13.1 Å². The van der Waals surface area contributed by atoms with E-state index in [1.807, 2.05) is 20.8 Å². The quantitative estimate of drug-likeness (QED) is 0.726. The van der Waals surface area contributed by atoms with Crippen LogP contribution in [0, 0.1) is 5.92 Å². The van der Waals surface area contributed by atoms with Gasteiger partial charge in [-0.15, -0.1) is 12.4 Å². The summed E-state index contributed by atoms with van der Waals surface area (Å²) >= 11 is 0. The number of halogens is 1. The van der Waals surface area contributed by atoms with Crippen LogP contribution in [0.1, 0.15) is 27.7 Å². The Morgan fingerprint density at radius 2 is 2.00 bits per heavy atom. The van der Waals surface area contributed by atoms with E-state index in [2.05, 4.69) is 17.6 Å². The molecule has 2 atom stereocenters. The number of amides is 1. The van der Waals surface area contributed by atoms with Gasteiger partial charge in [0.25, 0.3) is 0 Å². The fourth-order valence-corrected chi connectivity index (χ4v) is 1.46. The second-order valence-electron chi connectivity index (χ2n) is 4.89. The average molecular weight is 237 g/mol. The summed E-state index contributed by atoms with van der Waals surface area (Å²) in [6.45, 7) is 9.50. The normalized spacial score (nSPS) is 25.6. The van der Waals surface area contributed by atoms with Crippen molar-refractivity contribution in [3.63, 3.8) is 0 Å². The summed E-state index contributed by atoms with van der Waals surface area (Å²) in [5, 5.41) is 6.08. The van der Waals surface area contributed by atoms with Gasteiger partial charge in [-0.05, 0) is 33.2 Å². The van der Waals surface area contributed by atoms with Crippen molar-refractivity contribution in [1.82, 2.24) is 10.6 Å². The highest BCUT2D eigenvalue weighted by Gasteiger charge is 2.26.